The molecule has 0 saturated carbocycles. The van der Waals surface area contributed by atoms with Gasteiger partial charge in [0.15, 0.2) is 11.6 Å². The minimum Gasteiger partial charge on any atom is -0.506 e. The lowest BCUT2D eigenvalue weighted by Crippen LogP contribution is -2.53. The van der Waals surface area contributed by atoms with Crippen molar-refractivity contribution >= 4 is 49.6 Å². The average Bonchev–Trinajstić information content (AvgIpc) is 2.93. The molecule has 1 heterocycles. The minimum absolute atomic E-state index is 0.0445. The number of hydrogen-bond acceptors (Lipinski definition) is 9. The van der Waals surface area contributed by atoms with Gasteiger partial charge in [-0.25, -0.2) is 8.42 Å². The van der Waals surface area contributed by atoms with Gasteiger partial charge in [-0.05, 0) is 48.1 Å². The van der Waals surface area contributed by atoms with Crippen LogP contribution in [0.5, 0.6) is 0 Å². The number of aliphatic hydroxyl groups excluding tert-OH is 1. The van der Waals surface area contributed by atoms with Crippen LogP contribution in [-0.2, 0) is 26.9 Å². The Morgan fingerprint density at radius 1 is 1.02 bits per heavy atom. The van der Waals surface area contributed by atoms with Crippen LogP contribution in [0.1, 0.15) is 43.4 Å². The van der Waals surface area contributed by atoms with Crippen LogP contribution >= 0.6 is 10.8 Å². The van der Waals surface area contributed by atoms with Crippen LogP contribution in [0.3, 0.4) is 0 Å². The maximum Gasteiger partial charge on any atom is 0.229 e. The van der Waals surface area contributed by atoms with E-state index in [1.807, 2.05) is 42.5 Å². The van der Waals surface area contributed by atoms with Gasteiger partial charge in [0.05, 0.1) is 17.6 Å². The zero-order chi connectivity index (χ0) is 30.3. The maximum atomic E-state index is 14.7. The first-order valence-electron chi connectivity index (χ1n) is 13.4. The number of nitrogens with one attached hydrogen (secondary N) is 3. The topological polar surface area (TPSA) is 160 Å². The number of Topliss-reactive ketones (excluding diaryl/α,β-unsaturated/α-hetero) is 1. The zero-order valence-electron chi connectivity index (χ0n) is 23.5. The van der Waals surface area contributed by atoms with Gasteiger partial charge in [-0.15, -0.1) is 4.40 Å². The summed E-state index contributed by atoms with van der Waals surface area (Å²) >= 11 is 0. The smallest absolute Gasteiger partial charge is 0.229 e. The van der Waals surface area contributed by atoms with Gasteiger partial charge < -0.3 is 10.4 Å². The van der Waals surface area contributed by atoms with Crippen LogP contribution in [-0.4, -0.2) is 40.5 Å². The highest BCUT2D eigenvalue weighted by atomic mass is 32.3. The number of carbonyl (C=O) groups is 1. The molecule has 0 radical (unpaired) electrons. The Hall–Kier alpha value is -3.68. The quantitative estimate of drug-likeness (QED) is 0.175. The van der Waals surface area contributed by atoms with E-state index in [0.717, 1.165) is 11.8 Å². The van der Waals surface area contributed by atoms with Crippen molar-refractivity contribution in [1.82, 2.24) is 5.32 Å². The molecule has 0 bridgehead atoms. The largest absolute Gasteiger partial charge is 0.506 e. The number of sulfonamides is 1. The molecule has 0 aromatic heterocycles. The Labute approximate surface area is 247 Å². The summed E-state index contributed by atoms with van der Waals surface area (Å²) in [4.78, 5) is 14.6. The van der Waals surface area contributed by atoms with E-state index in [1.165, 1.54) is 18.2 Å². The molecule has 1 aliphatic carbocycles. The molecule has 1 aliphatic heterocycles. The molecule has 1 unspecified atom stereocenters. The number of hydrogen-bond donors (Lipinski definition) is 6. The number of fused-ring (bicyclic) bond motifs is 2. The number of carbonyl (C=O) groups excluding carboxylic acids is 1. The molecule has 12 heteroatoms. The summed E-state index contributed by atoms with van der Waals surface area (Å²) in [5.41, 5.74) is 0.984. The van der Waals surface area contributed by atoms with Crippen molar-refractivity contribution in [2.75, 3.05) is 16.3 Å². The standard InChI is InChI=1S/C30H34N4O6S2/c1-19(2)15-16-30(31-18-20-9-5-4-6-10-20)23-12-8-7-11-22(23)27(35)26(28(30)36)29-32-24-14-13-21(33-41(3,37)38)17-25(24)42(39,40)34-29/h4-14,17,19,31,33,35,39-40H,15-16,18H2,1-3H3,(H,32,34). The van der Waals surface area contributed by atoms with E-state index in [2.05, 4.69) is 33.6 Å². The first-order chi connectivity index (χ1) is 19.8. The van der Waals surface area contributed by atoms with Crippen molar-refractivity contribution in [1.29, 1.82) is 0 Å². The summed E-state index contributed by atoms with van der Waals surface area (Å²) in [5, 5.41) is 18.0. The predicted molar refractivity (Wildman–Crippen MR) is 167 cm³/mol. The Kier molecular flexibility index (Phi) is 7.94. The van der Waals surface area contributed by atoms with Crippen LogP contribution in [0.15, 0.2) is 87.7 Å². The second-order valence-electron chi connectivity index (χ2n) is 10.9. The van der Waals surface area contributed by atoms with E-state index in [9.17, 15) is 27.4 Å². The van der Waals surface area contributed by atoms with Crippen LogP contribution in [0.2, 0.25) is 0 Å². The van der Waals surface area contributed by atoms with E-state index < -0.39 is 32.1 Å². The van der Waals surface area contributed by atoms with Gasteiger partial charge in [-0.3, -0.25) is 23.9 Å². The first kappa shape index (κ1) is 29.8. The highest BCUT2D eigenvalue weighted by Crippen LogP contribution is 2.57. The van der Waals surface area contributed by atoms with Crippen molar-refractivity contribution in [2.24, 2.45) is 10.3 Å². The van der Waals surface area contributed by atoms with Gasteiger partial charge in [-0.1, -0.05) is 79.2 Å². The van der Waals surface area contributed by atoms with E-state index in [1.54, 1.807) is 12.1 Å². The van der Waals surface area contributed by atoms with Gasteiger partial charge in [0, 0.05) is 12.1 Å². The second-order valence-corrected chi connectivity index (χ2v) is 14.4. The number of nitrogens with zero attached hydrogens (tertiary/aromatic N) is 1. The Bertz CT molecular complexity index is 1700. The molecule has 3 aromatic carbocycles. The van der Waals surface area contributed by atoms with Crippen molar-refractivity contribution in [2.45, 2.75) is 43.7 Å². The fourth-order valence-corrected chi connectivity index (χ4v) is 7.03. The lowest BCUT2D eigenvalue weighted by Gasteiger charge is -2.41. The maximum absolute atomic E-state index is 14.7. The number of rotatable bonds is 9. The minimum atomic E-state index is -3.89. The third kappa shape index (κ3) is 5.81. The number of anilines is 2. The third-order valence-corrected chi connectivity index (χ3v) is 9.29. The summed E-state index contributed by atoms with van der Waals surface area (Å²) in [7, 11) is -7.50. The number of ketones is 1. The lowest BCUT2D eigenvalue weighted by atomic mass is 9.71. The van der Waals surface area contributed by atoms with E-state index in [0.29, 0.717) is 30.5 Å². The van der Waals surface area contributed by atoms with E-state index >= 15 is 0 Å². The van der Waals surface area contributed by atoms with Crippen LogP contribution in [0.25, 0.3) is 5.76 Å². The Balaban J connectivity index is 1.62. The molecule has 0 fully saturated rings. The molecule has 222 valence electrons. The number of aliphatic hydroxyl groups is 1. The predicted octanol–water partition coefficient (Wildman–Crippen LogP) is 5.88. The van der Waals surface area contributed by atoms with Crippen molar-refractivity contribution in [3.63, 3.8) is 0 Å². The van der Waals surface area contributed by atoms with Crippen molar-refractivity contribution in [3.05, 3.63) is 95.1 Å². The molecule has 2 aliphatic rings. The number of amidine groups is 1. The van der Waals surface area contributed by atoms with Crippen LogP contribution < -0.4 is 15.4 Å². The zero-order valence-corrected chi connectivity index (χ0v) is 25.1. The molecular formula is C30H34N4O6S2. The third-order valence-electron chi connectivity index (χ3n) is 7.32. The summed E-state index contributed by atoms with van der Waals surface area (Å²) in [6.07, 6.45) is 2.10. The van der Waals surface area contributed by atoms with Gasteiger partial charge >= 0.3 is 0 Å². The molecule has 3 aromatic rings. The van der Waals surface area contributed by atoms with Gasteiger partial charge in [0.2, 0.25) is 10.0 Å². The highest BCUT2D eigenvalue weighted by molar-refractivity contribution is 8.23. The van der Waals surface area contributed by atoms with Crippen LogP contribution in [0, 0.1) is 5.92 Å². The number of benzene rings is 3. The highest BCUT2D eigenvalue weighted by Gasteiger charge is 2.49. The molecule has 1 atom stereocenters. The first-order valence-corrected chi connectivity index (χ1v) is 16.8. The molecule has 6 N–H and O–H groups in total. The molecule has 10 nitrogen and oxygen atoms in total. The normalized spacial score (nSPS) is 20.3. The Morgan fingerprint density at radius 2 is 1.71 bits per heavy atom. The van der Waals surface area contributed by atoms with E-state index in [-0.39, 0.29) is 39.4 Å². The fraction of sp³-hybridized carbons (Fsp3) is 0.267. The molecule has 0 spiro atoms. The van der Waals surface area contributed by atoms with Crippen molar-refractivity contribution in [3.8, 4) is 0 Å². The van der Waals surface area contributed by atoms with Gasteiger partial charge in [0.1, 0.15) is 21.8 Å². The monoisotopic (exact) mass is 610 g/mol. The summed E-state index contributed by atoms with van der Waals surface area (Å²) in [6.45, 7) is 4.52. The second kappa shape index (κ2) is 11.2. The SMILES string of the molecule is CC(C)CCC1(NCc2ccccc2)C(=O)C(C2=NS(O)(O)c3cc(NS(C)(=O)=O)ccc3N2)=C(O)c2ccccc21. The van der Waals surface area contributed by atoms with Gasteiger partial charge in [-0.2, -0.15) is 0 Å². The fourth-order valence-electron chi connectivity index (χ4n) is 5.29. The average molecular weight is 611 g/mol. The molecule has 0 saturated heterocycles. The molecular weight excluding hydrogens is 576 g/mol. The Morgan fingerprint density at radius 3 is 2.40 bits per heavy atom. The summed E-state index contributed by atoms with van der Waals surface area (Å²) in [6, 6.07) is 21.0. The van der Waals surface area contributed by atoms with Gasteiger partial charge in [0.25, 0.3) is 0 Å². The molecule has 0 amide bonds. The van der Waals surface area contributed by atoms with Crippen LogP contribution in [0.4, 0.5) is 11.4 Å². The molecule has 5 rings (SSSR count). The van der Waals surface area contributed by atoms with E-state index in [4.69, 9.17) is 0 Å². The summed E-state index contributed by atoms with van der Waals surface area (Å²) < 4.78 is 52.0. The van der Waals surface area contributed by atoms with Crippen molar-refractivity contribution < 1.29 is 27.4 Å². The lowest BCUT2D eigenvalue weighted by molar-refractivity contribution is -0.122. The molecule has 42 heavy (non-hydrogen) atoms. The summed E-state index contributed by atoms with van der Waals surface area (Å²) in [5.74, 6) is -0.672.